The summed E-state index contributed by atoms with van der Waals surface area (Å²) < 4.78 is 14.3. The van der Waals surface area contributed by atoms with Crippen LogP contribution in [0.1, 0.15) is 132 Å². The van der Waals surface area contributed by atoms with Crippen molar-refractivity contribution >= 4 is 0 Å². The summed E-state index contributed by atoms with van der Waals surface area (Å²) in [6.45, 7) is 33.5. The first-order chi connectivity index (χ1) is 20.9. The third-order valence-electron chi connectivity index (χ3n) is 15.4. The van der Waals surface area contributed by atoms with Crippen molar-refractivity contribution in [1.29, 1.82) is 0 Å². The maximum absolute atomic E-state index is 12.9. The standard InChI is InChI=1S/C40H64O6/c1-13-27(3)37(41)25-29-33(9)19-15-17-31(5,6)39(33,43)24-22-36(29,12)46-38(42,28(4)14-2)26-30-34(10)20-16-18-32(7,8)40(34,44)23-21-35(30,11)45-37/h13-14,29-30,41-44H,1-4,15-26H2,5-12H3/t29?,30?,33-,34-,35-,36-,37-,38-,39-,40-/m1/s1. The van der Waals surface area contributed by atoms with Crippen LogP contribution in [0.4, 0.5) is 0 Å². The zero-order chi connectivity index (χ0) is 34.6. The summed E-state index contributed by atoms with van der Waals surface area (Å²) in [7, 11) is 0. The molecule has 2 unspecified atom stereocenters. The van der Waals surface area contributed by atoms with Gasteiger partial charge < -0.3 is 29.9 Å². The summed E-state index contributed by atoms with van der Waals surface area (Å²) in [5, 5.41) is 51.2. The monoisotopic (exact) mass is 640 g/mol. The van der Waals surface area contributed by atoms with Gasteiger partial charge in [-0.05, 0) is 76.0 Å². The van der Waals surface area contributed by atoms with E-state index in [9.17, 15) is 20.4 Å². The third kappa shape index (κ3) is 4.63. The van der Waals surface area contributed by atoms with Crippen LogP contribution in [0.15, 0.2) is 49.6 Å². The highest BCUT2D eigenvalue weighted by Gasteiger charge is 2.72. The van der Waals surface area contributed by atoms with Gasteiger partial charge in [0.1, 0.15) is 0 Å². The van der Waals surface area contributed by atoms with Gasteiger partial charge in [-0.15, -0.1) is 0 Å². The quantitative estimate of drug-likeness (QED) is 0.233. The first-order valence-electron chi connectivity index (χ1n) is 17.8. The molecule has 6 nitrogen and oxygen atoms in total. The van der Waals surface area contributed by atoms with E-state index in [0.29, 0.717) is 36.8 Å². The molecule has 260 valence electrons. The number of rotatable bonds is 4. The smallest absolute Gasteiger partial charge is 0.192 e. The number of hydrogen-bond donors (Lipinski definition) is 4. The predicted octanol–water partition coefficient (Wildman–Crippen LogP) is 7.91. The minimum absolute atomic E-state index is 0.106. The molecule has 1 aliphatic heterocycles. The van der Waals surface area contributed by atoms with Crippen molar-refractivity contribution in [2.75, 3.05) is 0 Å². The van der Waals surface area contributed by atoms with Crippen molar-refractivity contribution in [3.05, 3.63) is 49.6 Å². The first-order valence-corrected chi connectivity index (χ1v) is 17.8. The van der Waals surface area contributed by atoms with E-state index in [1.807, 2.05) is 13.8 Å². The summed E-state index contributed by atoms with van der Waals surface area (Å²) in [5.41, 5.74) is -5.39. The largest absolute Gasteiger partial charge is 0.389 e. The molecule has 6 heteroatoms. The molecule has 46 heavy (non-hydrogen) atoms. The van der Waals surface area contributed by atoms with Crippen molar-refractivity contribution in [2.45, 2.75) is 166 Å². The average Bonchev–Trinajstić information content (AvgIpc) is 2.95. The lowest BCUT2D eigenvalue weighted by molar-refractivity contribution is -0.375. The molecule has 0 bridgehead atoms. The highest BCUT2D eigenvalue weighted by molar-refractivity contribution is 5.29. The Morgan fingerprint density at radius 2 is 0.870 bits per heavy atom. The number of ether oxygens (including phenoxy) is 2. The van der Waals surface area contributed by atoms with Gasteiger partial charge in [0.05, 0.1) is 22.4 Å². The van der Waals surface area contributed by atoms with E-state index in [-0.39, 0.29) is 23.7 Å². The van der Waals surface area contributed by atoms with Crippen molar-refractivity contribution in [3.8, 4) is 0 Å². The maximum atomic E-state index is 12.9. The van der Waals surface area contributed by atoms with Gasteiger partial charge in [-0.25, -0.2) is 0 Å². The zero-order valence-corrected chi connectivity index (χ0v) is 30.2. The van der Waals surface area contributed by atoms with Crippen LogP contribution in [-0.2, 0) is 9.47 Å². The first kappa shape index (κ1) is 36.0. The third-order valence-corrected chi connectivity index (χ3v) is 15.4. The van der Waals surface area contributed by atoms with Gasteiger partial charge in [0.15, 0.2) is 11.6 Å². The molecule has 0 aromatic rings. The number of aliphatic hydroxyl groups is 4. The minimum Gasteiger partial charge on any atom is -0.389 e. The molecule has 1 saturated heterocycles. The molecule has 0 aromatic carbocycles. The Morgan fingerprint density at radius 1 is 0.543 bits per heavy atom. The van der Waals surface area contributed by atoms with Crippen LogP contribution in [0, 0.1) is 33.5 Å². The number of fused-ring (bicyclic) bond motifs is 6. The Balaban J connectivity index is 1.76. The van der Waals surface area contributed by atoms with Gasteiger partial charge in [0.25, 0.3) is 0 Å². The summed E-state index contributed by atoms with van der Waals surface area (Å²) >= 11 is 0. The van der Waals surface area contributed by atoms with E-state index >= 15 is 0 Å². The molecule has 0 aromatic heterocycles. The van der Waals surface area contributed by atoms with E-state index in [1.54, 1.807) is 12.2 Å². The lowest BCUT2D eigenvalue weighted by Crippen LogP contribution is -2.73. The number of hydrogen-bond acceptors (Lipinski definition) is 6. The Morgan fingerprint density at radius 3 is 1.17 bits per heavy atom. The predicted molar refractivity (Wildman–Crippen MR) is 184 cm³/mol. The maximum Gasteiger partial charge on any atom is 0.192 e. The van der Waals surface area contributed by atoms with Gasteiger partial charge in [-0.3, -0.25) is 0 Å². The van der Waals surface area contributed by atoms with Crippen LogP contribution < -0.4 is 0 Å². The Kier molecular flexibility index (Phi) is 8.31. The molecule has 5 aliphatic rings. The van der Waals surface area contributed by atoms with Crippen LogP contribution in [0.5, 0.6) is 0 Å². The minimum atomic E-state index is -1.83. The van der Waals surface area contributed by atoms with Crippen LogP contribution in [0.2, 0.25) is 0 Å². The molecule has 4 N–H and O–H groups in total. The Labute approximate surface area is 279 Å². The fraction of sp³-hybridized carbons (Fsp3) is 0.800. The van der Waals surface area contributed by atoms with Crippen LogP contribution in [0.25, 0.3) is 0 Å². The van der Waals surface area contributed by atoms with E-state index in [4.69, 9.17) is 9.47 Å². The molecule has 5 rings (SSSR count). The van der Waals surface area contributed by atoms with E-state index < -0.39 is 56.6 Å². The molecule has 0 radical (unpaired) electrons. The Bertz CT molecular complexity index is 1200. The van der Waals surface area contributed by atoms with Gasteiger partial charge in [-0.1, -0.05) is 92.9 Å². The summed E-state index contributed by atoms with van der Waals surface area (Å²) in [6, 6.07) is 0. The van der Waals surface area contributed by atoms with Crippen LogP contribution >= 0.6 is 0 Å². The summed E-state index contributed by atoms with van der Waals surface area (Å²) in [4.78, 5) is 0. The highest BCUT2D eigenvalue weighted by Crippen LogP contribution is 2.70. The van der Waals surface area contributed by atoms with Gasteiger partial charge in [0, 0.05) is 46.7 Å². The van der Waals surface area contributed by atoms with Crippen molar-refractivity contribution < 1.29 is 29.9 Å². The molecule has 0 amide bonds. The molecule has 10 atom stereocenters. The van der Waals surface area contributed by atoms with E-state index in [1.165, 1.54) is 0 Å². The topological polar surface area (TPSA) is 99.4 Å². The van der Waals surface area contributed by atoms with Crippen molar-refractivity contribution in [2.24, 2.45) is 33.5 Å². The van der Waals surface area contributed by atoms with Gasteiger partial charge in [-0.2, -0.15) is 0 Å². The SMILES string of the molecule is C=CC(=C)[C@@]1(O)CC2[C@@](C)(CC[C@@]3(O)C(C)(C)CCC[C@]23C)O[C@@](O)(C(=C)C=C)CC2[C@@](C)(CC[C@@]3(O)C(C)(C)CCC[C@]23C)O1. The summed E-state index contributed by atoms with van der Waals surface area (Å²) in [6.07, 6.45) is 10.4. The highest BCUT2D eigenvalue weighted by atomic mass is 16.7. The second-order valence-electron chi connectivity index (χ2n) is 18.4. The molecular formula is C40H64O6. The molecule has 5 fully saturated rings. The zero-order valence-electron chi connectivity index (χ0n) is 30.2. The summed E-state index contributed by atoms with van der Waals surface area (Å²) in [5.74, 6) is -4.52. The van der Waals surface area contributed by atoms with Gasteiger partial charge >= 0.3 is 0 Å². The van der Waals surface area contributed by atoms with Crippen LogP contribution in [-0.4, -0.2) is 54.4 Å². The molecule has 4 saturated carbocycles. The molecule has 1 heterocycles. The van der Waals surface area contributed by atoms with Gasteiger partial charge in [0.2, 0.25) is 0 Å². The lowest BCUT2D eigenvalue weighted by Gasteiger charge is -2.70. The molecule has 4 aliphatic carbocycles. The fourth-order valence-corrected chi connectivity index (χ4v) is 12.1. The lowest BCUT2D eigenvalue weighted by atomic mass is 9.41. The Hall–Kier alpha value is -1.28. The van der Waals surface area contributed by atoms with E-state index in [2.05, 4.69) is 67.9 Å². The fourth-order valence-electron chi connectivity index (χ4n) is 12.1. The molecular weight excluding hydrogens is 576 g/mol. The van der Waals surface area contributed by atoms with Crippen molar-refractivity contribution in [1.82, 2.24) is 0 Å². The van der Waals surface area contributed by atoms with Crippen molar-refractivity contribution in [3.63, 3.8) is 0 Å². The van der Waals surface area contributed by atoms with Crippen LogP contribution in [0.3, 0.4) is 0 Å². The van der Waals surface area contributed by atoms with E-state index in [0.717, 1.165) is 38.5 Å². The average molecular weight is 641 g/mol. The normalized spacial score (nSPS) is 51.7. The molecule has 0 spiro atoms. The second kappa shape index (κ2) is 10.6. The second-order valence-corrected chi connectivity index (χ2v) is 18.4.